The van der Waals surface area contributed by atoms with E-state index in [4.69, 9.17) is 33.3 Å². The van der Waals surface area contributed by atoms with Gasteiger partial charge in [0.2, 0.25) is 0 Å². The fourth-order valence-corrected chi connectivity index (χ4v) is 4.95. The van der Waals surface area contributed by atoms with Crippen molar-refractivity contribution in [2.24, 2.45) is 0 Å². The minimum atomic E-state index is -2.48. The van der Waals surface area contributed by atoms with Crippen molar-refractivity contribution in [2.45, 2.75) is 52.4 Å². The SMILES string of the molecule is COc1ccc(P(=S)(S)Oc2ccc(C(C)(C)C)cc2C(C)(C)C)cc1. The van der Waals surface area contributed by atoms with Crippen LogP contribution in [-0.2, 0) is 22.6 Å². The lowest BCUT2D eigenvalue weighted by molar-refractivity contribution is 0.415. The summed E-state index contributed by atoms with van der Waals surface area (Å²) in [6, 6.07) is 14.1. The van der Waals surface area contributed by atoms with Crippen LogP contribution < -0.4 is 14.6 Å². The summed E-state index contributed by atoms with van der Waals surface area (Å²) in [5.41, 5.74) is -0.0157. The number of hydrogen-bond acceptors (Lipinski definition) is 3. The summed E-state index contributed by atoms with van der Waals surface area (Å²) in [6.07, 6.45) is 0. The van der Waals surface area contributed by atoms with Crippen LogP contribution in [-0.4, -0.2) is 7.11 Å². The van der Waals surface area contributed by atoms with E-state index in [9.17, 15) is 0 Å². The predicted molar refractivity (Wildman–Crippen MR) is 120 cm³/mol. The Morgan fingerprint density at radius 2 is 1.46 bits per heavy atom. The summed E-state index contributed by atoms with van der Waals surface area (Å²) in [4.78, 5) is 0. The number of methoxy groups -OCH3 is 1. The molecule has 142 valence electrons. The van der Waals surface area contributed by atoms with Gasteiger partial charge in [0.15, 0.2) is 5.47 Å². The third-order valence-corrected chi connectivity index (χ3v) is 7.46. The van der Waals surface area contributed by atoms with Crippen LogP contribution in [0.1, 0.15) is 52.7 Å². The van der Waals surface area contributed by atoms with Crippen molar-refractivity contribution in [1.29, 1.82) is 0 Å². The van der Waals surface area contributed by atoms with Crippen molar-refractivity contribution < 1.29 is 9.26 Å². The molecule has 0 fully saturated rings. The van der Waals surface area contributed by atoms with E-state index in [2.05, 4.69) is 53.7 Å². The van der Waals surface area contributed by atoms with E-state index < -0.39 is 5.47 Å². The van der Waals surface area contributed by atoms with Gasteiger partial charge in [-0.15, -0.1) is 0 Å². The maximum Gasteiger partial charge on any atom is 0.193 e. The van der Waals surface area contributed by atoms with Crippen molar-refractivity contribution >= 4 is 34.8 Å². The second kappa shape index (κ2) is 7.58. The summed E-state index contributed by atoms with van der Waals surface area (Å²) in [5.74, 6) is 1.61. The molecular weight excluding hydrogens is 379 g/mol. The third-order valence-electron chi connectivity index (χ3n) is 4.27. The molecule has 0 saturated heterocycles. The Morgan fingerprint density at radius 1 is 0.885 bits per heavy atom. The predicted octanol–water partition coefficient (Wildman–Crippen LogP) is 6.23. The Labute approximate surface area is 168 Å². The summed E-state index contributed by atoms with van der Waals surface area (Å²) in [6.45, 7) is 13.2. The fraction of sp³-hybridized carbons (Fsp3) is 0.429. The summed E-state index contributed by atoms with van der Waals surface area (Å²) in [5, 5.41) is 0.913. The summed E-state index contributed by atoms with van der Waals surface area (Å²) >= 11 is 10.5. The number of benzene rings is 2. The molecule has 0 radical (unpaired) electrons. The number of thiol groups is 1. The van der Waals surface area contributed by atoms with Crippen LogP contribution in [0.25, 0.3) is 0 Å². The van der Waals surface area contributed by atoms with E-state index in [0.29, 0.717) is 0 Å². The Bertz CT molecular complexity index is 815. The van der Waals surface area contributed by atoms with Gasteiger partial charge in [-0.3, -0.25) is 0 Å². The first-order valence-electron chi connectivity index (χ1n) is 8.66. The van der Waals surface area contributed by atoms with Gasteiger partial charge in [-0.2, -0.15) is 0 Å². The first kappa shape index (κ1) is 21.3. The normalized spacial score (nSPS) is 14.6. The molecular formula is C21H29O2PS2. The average Bonchev–Trinajstić information content (AvgIpc) is 2.53. The molecule has 2 aromatic rings. The van der Waals surface area contributed by atoms with Gasteiger partial charge in [-0.05, 0) is 58.5 Å². The fourth-order valence-electron chi connectivity index (χ4n) is 2.62. The zero-order valence-corrected chi connectivity index (χ0v) is 19.3. The van der Waals surface area contributed by atoms with E-state index in [0.717, 1.165) is 22.4 Å². The van der Waals surface area contributed by atoms with E-state index in [-0.39, 0.29) is 10.8 Å². The minimum Gasteiger partial charge on any atom is -0.497 e. The van der Waals surface area contributed by atoms with Gasteiger partial charge >= 0.3 is 0 Å². The van der Waals surface area contributed by atoms with Gasteiger partial charge in [0.05, 0.1) is 7.11 Å². The van der Waals surface area contributed by atoms with Gasteiger partial charge in [-0.25, -0.2) is 0 Å². The van der Waals surface area contributed by atoms with Crippen LogP contribution in [0.3, 0.4) is 0 Å². The van der Waals surface area contributed by atoms with Gasteiger partial charge in [0.1, 0.15) is 11.5 Å². The third kappa shape index (κ3) is 5.06. The van der Waals surface area contributed by atoms with E-state index in [1.165, 1.54) is 5.56 Å². The summed E-state index contributed by atoms with van der Waals surface area (Å²) in [7, 11) is 1.65. The van der Waals surface area contributed by atoms with E-state index in [1.54, 1.807) is 7.11 Å². The Kier molecular flexibility index (Phi) is 6.22. The van der Waals surface area contributed by atoms with E-state index in [1.807, 2.05) is 30.3 Å². The smallest absolute Gasteiger partial charge is 0.193 e. The minimum absolute atomic E-state index is 0.0559. The molecule has 0 heterocycles. The molecule has 0 amide bonds. The largest absolute Gasteiger partial charge is 0.497 e. The second-order valence-electron chi connectivity index (χ2n) is 8.52. The molecule has 2 rings (SSSR count). The highest BCUT2D eigenvalue weighted by Crippen LogP contribution is 2.53. The molecule has 5 heteroatoms. The van der Waals surface area contributed by atoms with Crippen molar-refractivity contribution in [3.8, 4) is 11.5 Å². The Hall–Kier alpha value is -0.960. The van der Waals surface area contributed by atoms with Crippen molar-refractivity contribution in [3.63, 3.8) is 0 Å². The average molecular weight is 409 g/mol. The number of ether oxygens (including phenoxy) is 1. The zero-order valence-electron chi connectivity index (χ0n) is 16.7. The molecule has 2 nitrogen and oxygen atoms in total. The maximum absolute atomic E-state index is 6.34. The lowest BCUT2D eigenvalue weighted by Crippen LogP contribution is -2.17. The van der Waals surface area contributed by atoms with E-state index >= 15 is 0 Å². The second-order valence-corrected chi connectivity index (χ2v) is 14.3. The standard InChI is InChI=1S/C21H29O2PS2/c1-20(2,3)15-8-13-19(18(14-15)21(4,5)6)23-24(25,26)17-11-9-16(22-7)10-12-17/h8-14H,1-7H3,(H,25,26). The molecule has 0 saturated carbocycles. The number of rotatable bonds is 4. The highest BCUT2D eigenvalue weighted by Gasteiger charge is 2.26. The zero-order chi connectivity index (χ0) is 19.8. The lowest BCUT2D eigenvalue weighted by Gasteiger charge is -2.29. The monoisotopic (exact) mass is 408 g/mol. The van der Waals surface area contributed by atoms with Crippen LogP contribution in [0, 0.1) is 0 Å². The molecule has 1 unspecified atom stereocenters. The van der Waals surface area contributed by atoms with Crippen molar-refractivity contribution in [2.75, 3.05) is 7.11 Å². The molecule has 2 aromatic carbocycles. The number of hydrogen-bond donors (Lipinski definition) is 1. The lowest BCUT2D eigenvalue weighted by atomic mass is 9.80. The van der Waals surface area contributed by atoms with Gasteiger partial charge in [0, 0.05) is 10.9 Å². The first-order chi connectivity index (χ1) is 11.8. The molecule has 0 aliphatic heterocycles. The van der Waals surface area contributed by atoms with Crippen LogP contribution in [0.4, 0.5) is 0 Å². The van der Waals surface area contributed by atoms with Crippen molar-refractivity contribution in [1.82, 2.24) is 0 Å². The molecule has 0 aliphatic carbocycles. The highest BCUT2D eigenvalue weighted by molar-refractivity contribution is 8.64. The van der Waals surface area contributed by atoms with Crippen LogP contribution in [0.5, 0.6) is 11.5 Å². The molecule has 26 heavy (non-hydrogen) atoms. The van der Waals surface area contributed by atoms with Gasteiger partial charge in [-0.1, -0.05) is 65.9 Å². The first-order valence-corrected chi connectivity index (χ1v) is 12.5. The Morgan fingerprint density at radius 3 is 1.92 bits per heavy atom. The molecule has 0 spiro atoms. The van der Waals surface area contributed by atoms with Gasteiger partial charge in [0.25, 0.3) is 0 Å². The maximum atomic E-state index is 6.34. The quantitative estimate of drug-likeness (QED) is 0.478. The van der Waals surface area contributed by atoms with Gasteiger partial charge < -0.3 is 9.26 Å². The molecule has 1 atom stereocenters. The molecule has 0 aromatic heterocycles. The van der Waals surface area contributed by atoms with Crippen LogP contribution in [0.2, 0.25) is 0 Å². The summed E-state index contributed by atoms with van der Waals surface area (Å²) < 4.78 is 11.6. The van der Waals surface area contributed by atoms with Crippen LogP contribution in [0.15, 0.2) is 42.5 Å². The topological polar surface area (TPSA) is 18.5 Å². The highest BCUT2D eigenvalue weighted by atomic mass is 32.9. The Balaban J connectivity index is 2.45. The van der Waals surface area contributed by atoms with Crippen molar-refractivity contribution in [3.05, 3.63) is 53.6 Å². The molecule has 0 N–H and O–H groups in total. The molecule has 0 aliphatic rings. The molecule has 0 bridgehead atoms. The van der Waals surface area contributed by atoms with Crippen LogP contribution >= 0.6 is 17.7 Å².